The highest BCUT2D eigenvalue weighted by atomic mass is 16.1. The van der Waals surface area contributed by atoms with E-state index in [-0.39, 0.29) is 11.7 Å². The molecule has 1 atom stereocenters. The van der Waals surface area contributed by atoms with E-state index in [0.717, 1.165) is 12.0 Å². The van der Waals surface area contributed by atoms with Crippen molar-refractivity contribution in [2.45, 2.75) is 33.1 Å². The Kier molecular flexibility index (Phi) is 5.03. The highest BCUT2D eigenvalue weighted by Crippen LogP contribution is 2.18. The van der Waals surface area contributed by atoms with E-state index in [9.17, 15) is 4.79 Å². The van der Waals surface area contributed by atoms with Crippen LogP contribution in [0.25, 0.3) is 0 Å². The number of carbonyl (C=O) groups excluding carboxylic acids is 1. The molecule has 0 aromatic heterocycles. The number of nitrogens with zero attached hydrogens (tertiary/aromatic N) is 1. The average molecular weight is 165 g/mol. The van der Waals surface area contributed by atoms with Gasteiger partial charge in [-0.05, 0) is 26.2 Å². The monoisotopic (exact) mass is 165 g/mol. The Hall–Kier alpha value is -1.10. The van der Waals surface area contributed by atoms with Gasteiger partial charge in [-0.15, -0.1) is 0 Å². The lowest BCUT2D eigenvalue weighted by Gasteiger charge is -2.11. The second kappa shape index (κ2) is 5.54. The van der Waals surface area contributed by atoms with Crippen LogP contribution in [0.3, 0.4) is 0 Å². The van der Waals surface area contributed by atoms with Gasteiger partial charge in [0, 0.05) is 12.8 Å². The van der Waals surface area contributed by atoms with E-state index in [2.05, 4.69) is 12.6 Å². The molecule has 0 N–H and O–H groups in total. The number of allylic oxidation sites excluding steroid dienone is 1. The van der Waals surface area contributed by atoms with E-state index in [4.69, 9.17) is 5.26 Å². The van der Waals surface area contributed by atoms with Crippen LogP contribution >= 0.6 is 0 Å². The molecule has 0 aliphatic carbocycles. The van der Waals surface area contributed by atoms with Crippen molar-refractivity contribution in [1.82, 2.24) is 0 Å². The Bertz CT molecular complexity index is 212. The fourth-order valence-electron chi connectivity index (χ4n) is 1.01. The van der Waals surface area contributed by atoms with E-state index in [1.165, 1.54) is 0 Å². The van der Waals surface area contributed by atoms with Gasteiger partial charge in [-0.1, -0.05) is 12.2 Å². The van der Waals surface area contributed by atoms with Crippen molar-refractivity contribution in [3.63, 3.8) is 0 Å². The van der Waals surface area contributed by atoms with Gasteiger partial charge in [-0.3, -0.25) is 0 Å². The molecule has 0 bridgehead atoms. The Morgan fingerprint density at radius 1 is 1.58 bits per heavy atom. The molecule has 0 aliphatic rings. The molecule has 0 amide bonds. The van der Waals surface area contributed by atoms with E-state index in [1.54, 1.807) is 6.92 Å². The molecule has 0 rings (SSSR count). The first kappa shape index (κ1) is 10.9. The van der Waals surface area contributed by atoms with E-state index < -0.39 is 0 Å². The van der Waals surface area contributed by atoms with E-state index in [1.807, 2.05) is 6.92 Å². The lowest BCUT2D eigenvalue weighted by molar-refractivity contribution is -0.117. The van der Waals surface area contributed by atoms with Crippen molar-refractivity contribution in [2.75, 3.05) is 0 Å². The van der Waals surface area contributed by atoms with Crippen molar-refractivity contribution in [2.24, 2.45) is 5.92 Å². The maximum Gasteiger partial charge on any atom is 0.129 e. The minimum atomic E-state index is 0.180. The summed E-state index contributed by atoms with van der Waals surface area (Å²) in [6.07, 6.45) is 1.79. The summed E-state index contributed by atoms with van der Waals surface area (Å²) in [5.74, 6) is 0.373. The van der Waals surface area contributed by atoms with Crippen molar-refractivity contribution >= 4 is 5.78 Å². The SMILES string of the molecule is C=C(C)[C@H](CC#N)CCC(C)=O. The van der Waals surface area contributed by atoms with Gasteiger partial charge in [0.05, 0.1) is 6.07 Å². The summed E-state index contributed by atoms with van der Waals surface area (Å²) in [6.45, 7) is 7.27. The molecule has 0 fully saturated rings. The van der Waals surface area contributed by atoms with E-state index >= 15 is 0 Å². The Labute approximate surface area is 73.9 Å². The summed E-state index contributed by atoms with van der Waals surface area (Å²) >= 11 is 0. The number of ketones is 1. The Morgan fingerprint density at radius 3 is 2.50 bits per heavy atom. The molecular weight excluding hydrogens is 150 g/mol. The van der Waals surface area contributed by atoms with Crippen molar-refractivity contribution < 1.29 is 4.79 Å². The molecular formula is C10H15NO. The minimum Gasteiger partial charge on any atom is -0.300 e. The Balaban J connectivity index is 3.89. The third-order valence-electron chi connectivity index (χ3n) is 1.88. The van der Waals surface area contributed by atoms with Crippen molar-refractivity contribution in [1.29, 1.82) is 5.26 Å². The molecule has 0 heterocycles. The molecule has 0 saturated heterocycles. The summed E-state index contributed by atoms with van der Waals surface area (Å²) in [5, 5.41) is 8.47. The summed E-state index contributed by atoms with van der Waals surface area (Å²) in [4.78, 5) is 10.7. The van der Waals surface area contributed by atoms with Crippen LogP contribution in [0.4, 0.5) is 0 Å². The first-order valence-electron chi connectivity index (χ1n) is 4.09. The summed E-state index contributed by atoms with van der Waals surface area (Å²) in [6, 6.07) is 2.10. The number of nitriles is 1. The van der Waals surface area contributed by atoms with Crippen LogP contribution in [0.1, 0.15) is 33.1 Å². The fraction of sp³-hybridized carbons (Fsp3) is 0.600. The standard InChI is InChI=1S/C10H15NO/c1-8(2)10(6-7-11)5-4-9(3)12/h10H,1,4-6H2,2-3H3/t10-/m0/s1. The van der Waals surface area contributed by atoms with Gasteiger partial charge in [0.15, 0.2) is 0 Å². The average Bonchev–Trinajstić information content (AvgIpc) is 1.96. The number of hydrogen-bond acceptors (Lipinski definition) is 2. The fourth-order valence-corrected chi connectivity index (χ4v) is 1.01. The number of carbonyl (C=O) groups is 1. The van der Waals surface area contributed by atoms with Crippen LogP contribution in [0.15, 0.2) is 12.2 Å². The first-order chi connectivity index (χ1) is 5.57. The van der Waals surface area contributed by atoms with E-state index in [0.29, 0.717) is 12.8 Å². The summed E-state index contributed by atoms with van der Waals surface area (Å²) in [7, 11) is 0. The predicted molar refractivity (Wildman–Crippen MR) is 48.4 cm³/mol. The van der Waals surface area contributed by atoms with Gasteiger partial charge in [0.25, 0.3) is 0 Å². The zero-order chi connectivity index (χ0) is 9.56. The molecule has 0 saturated carbocycles. The molecule has 0 aromatic rings. The third kappa shape index (κ3) is 4.68. The van der Waals surface area contributed by atoms with Crippen molar-refractivity contribution in [3.8, 4) is 6.07 Å². The van der Waals surface area contributed by atoms with Crippen LogP contribution in [0, 0.1) is 17.2 Å². The molecule has 2 nitrogen and oxygen atoms in total. The normalized spacial score (nSPS) is 11.8. The van der Waals surface area contributed by atoms with Crippen LogP contribution in [0.5, 0.6) is 0 Å². The zero-order valence-electron chi connectivity index (χ0n) is 7.76. The second-order valence-corrected chi connectivity index (χ2v) is 3.15. The van der Waals surface area contributed by atoms with Gasteiger partial charge < -0.3 is 4.79 Å². The van der Waals surface area contributed by atoms with Gasteiger partial charge in [0.2, 0.25) is 0 Å². The number of Topliss-reactive ketones (excluding diaryl/α,β-unsaturated/α-hetero) is 1. The quantitative estimate of drug-likeness (QED) is 0.587. The molecule has 0 unspecified atom stereocenters. The van der Waals surface area contributed by atoms with Crippen molar-refractivity contribution in [3.05, 3.63) is 12.2 Å². The first-order valence-corrected chi connectivity index (χ1v) is 4.09. The summed E-state index contributed by atoms with van der Waals surface area (Å²) < 4.78 is 0. The topological polar surface area (TPSA) is 40.9 Å². The predicted octanol–water partition coefficient (Wildman–Crippen LogP) is 2.46. The molecule has 2 heteroatoms. The summed E-state index contributed by atoms with van der Waals surface area (Å²) in [5.41, 5.74) is 0.998. The maximum atomic E-state index is 10.7. The largest absolute Gasteiger partial charge is 0.300 e. The molecule has 12 heavy (non-hydrogen) atoms. The van der Waals surface area contributed by atoms with Gasteiger partial charge in [-0.25, -0.2) is 0 Å². The highest BCUT2D eigenvalue weighted by molar-refractivity contribution is 5.75. The number of hydrogen-bond donors (Lipinski definition) is 0. The van der Waals surface area contributed by atoms with Gasteiger partial charge in [-0.2, -0.15) is 5.26 Å². The molecule has 66 valence electrons. The van der Waals surface area contributed by atoms with Crippen LogP contribution < -0.4 is 0 Å². The highest BCUT2D eigenvalue weighted by Gasteiger charge is 2.09. The molecule has 0 aromatic carbocycles. The molecule has 0 spiro atoms. The van der Waals surface area contributed by atoms with Gasteiger partial charge >= 0.3 is 0 Å². The van der Waals surface area contributed by atoms with Crippen LogP contribution in [-0.4, -0.2) is 5.78 Å². The lowest BCUT2D eigenvalue weighted by Crippen LogP contribution is -2.03. The van der Waals surface area contributed by atoms with Gasteiger partial charge in [0.1, 0.15) is 5.78 Å². The molecule has 0 radical (unpaired) electrons. The van der Waals surface area contributed by atoms with Crippen LogP contribution in [0.2, 0.25) is 0 Å². The lowest BCUT2D eigenvalue weighted by atomic mass is 9.93. The third-order valence-corrected chi connectivity index (χ3v) is 1.88. The number of rotatable bonds is 5. The minimum absolute atomic E-state index is 0.180. The Morgan fingerprint density at radius 2 is 2.17 bits per heavy atom. The van der Waals surface area contributed by atoms with Crippen LogP contribution in [-0.2, 0) is 4.79 Å². The zero-order valence-corrected chi connectivity index (χ0v) is 7.76. The smallest absolute Gasteiger partial charge is 0.129 e. The maximum absolute atomic E-state index is 10.7. The second-order valence-electron chi connectivity index (χ2n) is 3.15. The molecule has 0 aliphatic heterocycles.